The number of carbonyl (C=O) groups excluding carboxylic acids is 1. The van der Waals surface area contributed by atoms with Crippen LogP contribution in [-0.2, 0) is 4.79 Å². The van der Waals surface area contributed by atoms with Gasteiger partial charge in [0.15, 0.2) is 0 Å². The Morgan fingerprint density at radius 1 is 0.650 bits per heavy atom. The molecule has 0 bridgehead atoms. The second-order valence-corrected chi connectivity index (χ2v) is 9.70. The number of benzene rings is 2. The molecule has 0 heterocycles. The zero-order valence-electron chi connectivity index (χ0n) is 23.3. The van der Waals surface area contributed by atoms with Gasteiger partial charge >= 0.3 is 0 Å². The van der Waals surface area contributed by atoms with Gasteiger partial charge in [-0.05, 0) is 79.7 Å². The van der Waals surface area contributed by atoms with E-state index in [1.54, 1.807) is 12.2 Å². The molecule has 0 amide bonds. The van der Waals surface area contributed by atoms with Crippen LogP contribution in [0.1, 0.15) is 62.5 Å². The highest BCUT2D eigenvalue weighted by Crippen LogP contribution is 2.23. The molecule has 2 aliphatic carbocycles. The molecule has 0 fully saturated rings. The van der Waals surface area contributed by atoms with Crippen molar-refractivity contribution in [3.63, 3.8) is 0 Å². The van der Waals surface area contributed by atoms with Gasteiger partial charge in [0.25, 0.3) is 0 Å². The number of hydrogen-bond donors (Lipinski definition) is 0. The molecule has 0 saturated carbocycles. The van der Waals surface area contributed by atoms with Gasteiger partial charge in [0.05, 0.1) is 6.07 Å². The lowest BCUT2D eigenvalue weighted by atomic mass is 9.97. The van der Waals surface area contributed by atoms with E-state index in [4.69, 9.17) is 5.26 Å². The monoisotopic (exact) mass is 525 g/mol. The van der Waals surface area contributed by atoms with Crippen LogP contribution in [-0.4, -0.2) is 6.29 Å². The second kappa shape index (κ2) is 18.7. The lowest BCUT2D eigenvalue weighted by molar-refractivity contribution is -0.104. The second-order valence-electron chi connectivity index (χ2n) is 9.70. The summed E-state index contributed by atoms with van der Waals surface area (Å²) in [7, 11) is 0. The first kappa shape index (κ1) is 30.1. The highest BCUT2D eigenvalue weighted by atomic mass is 16.1. The molecular formula is C38H39NO. The van der Waals surface area contributed by atoms with Crippen molar-refractivity contribution in [3.05, 3.63) is 156 Å². The molecule has 0 aliphatic heterocycles. The molecule has 202 valence electrons. The molecule has 2 aromatic carbocycles. The van der Waals surface area contributed by atoms with Gasteiger partial charge in [-0.25, -0.2) is 0 Å². The topological polar surface area (TPSA) is 40.9 Å². The van der Waals surface area contributed by atoms with E-state index in [0.717, 1.165) is 23.0 Å². The van der Waals surface area contributed by atoms with Crippen molar-refractivity contribution in [2.75, 3.05) is 0 Å². The Balaban J connectivity index is 0.000000220. The van der Waals surface area contributed by atoms with Crippen molar-refractivity contribution in [1.29, 1.82) is 5.26 Å². The maximum atomic E-state index is 10.4. The predicted molar refractivity (Wildman–Crippen MR) is 170 cm³/mol. The highest BCUT2D eigenvalue weighted by molar-refractivity contribution is 5.77. The van der Waals surface area contributed by atoms with E-state index in [2.05, 4.69) is 60.7 Å². The van der Waals surface area contributed by atoms with E-state index < -0.39 is 0 Å². The van der Waals surface area contributed by atoms with Crippen LogP contribution < -0.4 is 0 Å². The zero-order valence-corrected chi connectivity index (χ0v) is 23.3. The van der Waals surface area contributed by atoms with Crippen LogP contribution in [0.3, 0.4) is 0 Å². The Morgan fingerprint density at radius 2 is 1.15 bits per heavy atom. The van der Waals surface area contributed by atoms with Gasteiger partial charge in [0.2, 0.25) is 0 Å². The summed E-state index contributed by atoms with van der Waals surface area (Å²) in [5, 5.41) is 8.59. The minimum atomic E-state index is 0.798. The van der Waals surface area contributed by atoms with Gasteiger partial charge in [-0.3, -0.25) is 4.79 Å². The Labute approximate surface area is 240 Å². The summed E-state index contributed by atoms with van der Waals surface area (Å²) >= 11 is 0. The van der Waals surface area contributed by atoms with Gasteiger partial charge in [-0.1, -0.05) is 133 Å². The third-order valence-electron chi connectivity index (χ3n) is 6.73. The summed E-state index contributed by atoms with van der Waals surface area (Å²) < 4.78 is 0. The minimum Gasteiger partial charge on any atom is -0.299 e. The molecule has 40 heavy (non-hydrogen) atoms. The van der Waals surface area contributed by atoms with Crippen molar-refractivity contribution >= 4 is 17.4 Å². The number of carbonyl (C=O) groups is 1. The van der Waals surface area contributed by atoms with E-state index in [-0.39, 0.29) is 0 Å². The standard InChI is InChI=1S/C19H19N.C19H20O/c2*20-16-8-7-13-19(18-11-5-2-6-12-18)15-14-17-9-3-1-4-10-17/h2,5-9,11-15H,1,3-4,10H2;2,5-9,11-16H,1,3-4,10H2/b2*8-7+,15-14+,19-13-. The molecule has 2 heteroatoms. The van der Waals surface area contributed by atoms with E-state index in [9.17, 15) is 4.79 Å². The van der Waals surface area contributed by atoms with Crippen molar-refractivity contribution < 1.29 is 4.79 Å². The number of rotatable bonds is 9. The predicted octanol–water partition coefficient (Wildman–Crippen LogP) is 10.1. The van der Waals surface area contributed by atoms with E-state index >= 15 is 0 Å². The molecule has 0 spiro atoms. The highest BCUT2D eigenvalue weighted by Gasteiger charge is 2.02. The summed E-state index contributed by atoms with van der Waals surface area (Å²) in [4.78, 5) is 10.4. The number of aldehydes is 1. The average molecular weight is 526 g/mol. The number of allylic oxidation sites excluding steroid dienone is 16. The molecule has 2 aliphatic rings. The lowest BCUT2D eigenvalue weighted by Crippen LogP contribution is -1.88. The van der Waals surface area contributed by atoms with Crippen LogP contribution in [0.25, 0.3) is 11.1 Å². The van der Waals surface area contributed by atoms with Crippen molar-refractivity contribution in [3.8, 4) is 6.07 Å². The molecule has 0 unspecified atom stereocenters. The Morgan fingerprint density at radius 3 is 1.57 bits per heavy atom. The smallest absolute Gasteiger partial charge is 0.142 e. The summed E-state index contributed by atoms with van der Waals surface area (Å²) in [6.07, 6.45) is 34.6. The molecule has 2 aromatic rings. The maximum Gasteiger partial charge on any atom is 0.142 e. The Kier molecular flexibility index (Phi) is 14.1. The largest absolute Gasteiger partial charge is 0.299 e. The average Bonchev–Trinajstić information content (AvgIpc) is 3.03. The summed E-state index contributed by atoms with van der Waals surface area (Å²) in [5.74, 6) is 0. The van der Waals surface area contributed by atoms with Crippen LogP contribution in [0, 0.1) is 11.3 Å². The van der Waals surface area contributed by atoms with Gasteiger partial charge < -0.3 is 0 Å². The van der Waals surface area contributed by atoms with E-state index in [1.165, 1.54) is 80.2 Å². The van der Waals surface area contributed by atoms with Crippen molar-refractivity contribution in [2.45, 2.75) is 51.4 Å². The van der Waals surface area contributed by atoms with Gasteiger partial charge in [-0.2, -0.15) is 5.26 Å². The van der Waals surface area contributed by atoms with Crippen LogP contribution >= 0.6 is 0 Å². The Hall–Kier alpha value is -4.48. The third-order valence-corrected chi connectivity index (χ3v) is 6.73. The molecule has 0 radical (unpaired) electrons. The number of nitriles is 1. The Bertz CT molecular complexity index is 1340. The number of nitrogens with zero attached hydrogens (tertiary/aromatic N) is 1. The number of hydrogen-bond acceptors (Lipinski definition) is 2. The molecule has 0 N–H and O–H groups in total. The van der Waals surface area contributed by atoms with Crippen molar-refractivity contribution in [1.82, 2.24) is 0 Å². The SMILES string of the molecule is N#C/C=C/C=C(/C=C/C1=CCCCC1)c1ccccc1.O=C/C=C/C=C(/C=C/C1=CCCCC1)c1ccccc1. The summed E-state index contributed by atoms with van der Waals surface area (Å²) in [6, 6.07) is 22.5. The summed E-state index contributed by atoms with van der Waals surface area (Å²) in [6.45, 7) is 0. The fraction of sp³-hybridized carbons (Fsp3) is 0.211. The first-order chi connectivity index (χ1) is 19.8. The van der Waals surface area contributed by atoms with Gasteiger partial charge in [0, 0.05) is 6.08 Å². The quantitative estimate of drug-likeness (QED) is 0.141. The molecule has 4 rings (SSSR count). The molecule has 0 aromatic heterocycles. The van der Waals surface area contributed by atoms with Crippen LogP contribution in [0.2, 0.25) is 0 Å². The maximum absolute atomic E-state index is 10.4. The van der Waals surface area contributed by atoms with Crippen LogP contribution in [0.15, 0.2) is 145 Å². The van der Waals surface area contributed by atoms with Gasteiger partial charge in [0.1, 0.15) is 6.29 Å². The van der Waals surface area contributed by atoms with Crippen molar-refractivity contribution in [2.24, 2.45) is 0 Å². The molecular weight excluding hydrogens is 486 g/mol. The minimum absolute atomic E-state index is 0.798. The first-order valence-electron chi connectivity index (χ1n) is 14.2. The van der Waals surface area contributed by atoms with Crippen LogP contribution in [0.5, 0.6) is 0 Å². The fourth-order valence-electron chi connectivity index (χ4n) is 4.58. The van der Waals surface area contributed by atoms with Crippen LogP contribution in [0.4, 0.5) is 0 Å². The molecule has 0 atom stereocenters. The van der Waals surface area contributed by atoms with E-state index in [0.29, 0.717) is 0 Å². The normalized spacial score (nSPS) is 16.5. The lowest BCUT2D eigenvalue weighted by Gasteiger charge is -2.09. The van der Waals surface area contributed by atoms with Gasteiger partial charge in [-0.15, -0.1) is 0 Å². The third kappa shape index (κ3) is 11.5. The zero-order chi connectivity index (χ0) is 28.1. The summed E-state index contributed by atoms with van der Waals surface area (Å²) in [5.41, 5.74) is 7.41. The molecule has 2 nitrogen and oxygen atoms in total. The van der Waals surface area contributed by atoms with E-state index in [1.807, 2.05) is 54.6 Å². The first-order valence-corrected chi connectivity index (χ1v) is 14.2. The fourth-order valence-corrected chi connectivity index (χ4v) is 4.58. The molecule has 0 saturated heterocycles.